The van der Waals surface area contributed by atoms with Crippen LogP contribution in [0.25, 0.3) is 0 Å². The number of carbonyl (C=O) groups excluding carboxylic acids is 1. The number of ether oxygens (including phenoxy) is 1. The van der Waals surface area contributed by atoms with Gasteiger partial charge in [0.25, 0.3) is 0 Å². The molecule has 0 unspecified atom stereocenters. The molecule has 76 valence electrons. The predicted molar refractivity (Wildman–Crippen MR) is 59.5 cm³/mol. The maximum absolute atomic E-state index is 11.3. The molecular weight excluding hydrogens is 188 g/mol. The van der Waals surface area contributed by atoms with E-state index in [1.807, 2.05) is 0 Å². The number of esters is 1. The Hall–Kier alpha value is -2.01. The molecule has 0 aromatic heterocycles. The second-order valence-electron chi connectivity index (χ2n) is 2.77. The lowest BCUT2D eigenvalue weighted by Gasteiger charge is -2.00. The largest absolute Gasteiger partial charge is 0.462 e. The van der Waals surface area contributed by atoms with E-state index < -0.39 is 0 Å². The van der Waals surface area contributed by atoms with E-state index in [-0.39, 0.29) is 5.97 Å². The van der Waals surface area contributed by atoms with Crippen LogP contribution in [-0.4, -0.2) is 12.6 Å². The molecule has 1 rings (SSSR count). The lowest BCUT2D eigenvalue weighted by Crippen LogP contribution is -2.03. The SMILES string of the molecule is C=CC#Cc1ccc(C(=O)OCC)cc1. The van der Waals surface area contributed by atoms with Crippen LogP contribution < -0.4 is 0 Å². The Kier molecular flexibility index (Phi) is 4.18. The van der Waals surface area contributed by atoms with Gasteiger partial charge in [-0.1, -0.05) is 18.4 Å². The van der Waals surface area contributed by atoms with Gasteiger partial charge in [0.1, 0.15) is 0 Å². The van der Waals surface area contributed by atoms with Gasteiger partial charge in [-0.05, 0) is 37.3 Å². The molecule has 0 radical (unpaired) electrons. The van der Waals surface area contributed by atoms with Crippen LogP contribution in [0.4, 0.5) is 0 Å². The molecule has 0 atom stereocenters. The molecule has 0 amide bonds. The van der Waals surface area contributed by atoms with Gasteiger partial charge in [-0.3, -0.25) is 0 Å². The summed E-state index contributed by atoms with van der Waals surface area (Å²) in [5.74, 6) is 5.30. The number of hydrogen-bond donors (Lipinski definition) is 0. The van der Waals surface area contributed by atoms with Gasteiger partial charge in [-0.15, -0.1) is 0 Å². The Morgan fingerprint density at radius 1 is 1.47 bits per heavy atom. The first-order valence-electron chi connectivity index (χ1n) is 4.67. The minimum absolute atomic E-state index is 0.305. The Balaban J connectivity index is 2.80. The van der Waals surface area contributed by atoms with Gasteiger partial charge in [0.05, 0.1) is 12.2 Å². The van der Waals surface area contributed by atoms with Crippen molar-refractivity contribution in [3.05, 3.63) is 48.0 Å². The molecule has 1 aromatic carbocycles. The molecule has 0 fully saturated rings. The second kappa shape index (κ2) is 5.66. The van der Waals surface area contributed by atoms with Crippen molar-refractivity contribution in [3.8, 4) is 11.8 Å². The summed E-state index contributed by atoms with van der Waals surface area (Å²) in [5, 5.41) is 0. The van der Waals surface area contributed by atoms with E-state index in [2.05, 4.69) is 18.4 Å². The molecule has 0 saturated carbocycles. The maximum atomic E-state index is 11.3. The monoisotopic (exact) mass is 200 g/mol. The predicted octanol–water partition coefficient (Wildman–Crippen LogP) is 2.40. The van der Waals surface area contributed by atoms with Gasteiger partial charge >= 0.3 is 5.97 Å². The molecule has 0 bridgehead atoms. The number of rotatable bonds is 2. The number of carbonyl (C=O) groups is 1. The molecule has 0 aliphatic rings. The summed E-state index contributed by atoms with van der Waals surface area (Å²) in [6, 6.07) is 6.96. The highest BCUT2D eigenvalue weighted by molar-refractivity contribution is 5.89. The minimum Gasteiger partial charge on any atom is -0.462 e. The van der Waals surface area contributed by atoms with Gasteiger partial charge in [-0.2, -0.15) is 0 Å². The summed E-state index contributed by atoms with van der Waals surface area (Å²) in [6.45, 7) is 5.66. The van der Waals surface area contributed by atoms with E-state index >= 15 is 0 Å². The molecule has 2 heteroatoms. The van der Waals surface area contributed by atoms with Crippen molar-refractivity contribution in [3.63, 3.8) is 0 Å². The van der Waals surface area contributed by atoms with E-state index in [1.165, 1.54) is 6.08 Å². The van der Waals surface area contributed by atoms with E-state index in [9.17, 15) is 4.79 Å². The van der Waals surface area contributed by atoms with Crippen LogP contribution in [0.3, 0.4) is 0 Å². The molecule has 0 spiro atoms. The standard InChI is InChI=1S/C13H12O2/c1-3-5-6-11-7-9-12(10-8-11)13(14)15-4-2/h3,7-10H,1,4H2,2H3. The molecule has 15 heavy (non-hydrogen) atoms. The van der Waals surface area contributed by atoms with Crippen molar-refractivity contribution in [2.75, 3.05) is 6.61 Å². The fourth-order valence-corrected chi connectivity index (χ4v) is 1.04. The molecule has 0 heterocycles. The molecule has 2 nitrogen and oxygen atoms in total. The smallest absolute Gasteiger partial charge is 0.338 e. The number of benzene rings is 1. The van der Waals surface area contributed by atoms with Gasteiger partial charge < -0.3 is 4.74 Å². The zero-order valence-electron chi connectivity index (χ0n) is 8.62. The summed E-state index contributed by atoms with van der Waals surface area (Å²) in [7, 11) is 0. The Bertz CT molecular complexity index is 404. The zero-order valence-corrected chi connectivity index (χ0v) is 8.62. The second-order valence-corrected chi connectivity index (χ2v) is 2.77. The van der Waals surface area contributed by atoms with Crippen LogP contribution in [0.2, 0.25) is 0 Å². The average molecular weight is 200 g/mol. The highest BCUT2D eigenvalue weighted by Gasteiger charge is 2.04. The van der Waals surface area contributed by atoms with Crippen molar-refractivity contribution < 1.29 is 9.53 Å². The lowest BCUT2D eigenvalue weighted by atomic mass is 10.1. The topological polar surface area (TPSA) is 26.3 Å². The number of hydrogen-bond acceptors (Lipinski definition) is 2. The molecule has 0 N–H and O–H groups in total. The van der Waals surface area contributed by atoms with Gasteiger partial charge in [0.15, 0.2) is 0 Å². The molecule has 1 aromatic rings. The fraction of sp³-hybridized carbons (Fsp3) is 0.154. The molecule has 0 aliphatic heterocycles. The zero-order chi connectivity index (χ0) is 11.1. The van der Waals surface area contributed by atoms with Crippen LogP contribution in [0, 0.1) is 11.8 Å². The van der Waals surface area contributed by atoms with Crippen molar-refractivity contribution >= 4 is 5.97 Å². The van der Waals surface area contributed by atoms with Gasteiger partial charge in [-0.25, -0.2) is 4.79 Å². The number of allylic oxidation sites excluding steroid dienone is 1. The van der Waals surface area contributed by atoms with Crippen LogP contribution >= 0.6 is 0 Å². The minimum atomic E-state index is -0.305. The third-order valence-electron chi connectivity index (χ3n) is 1.71. The molecular formula is C13H12O2. The average Bonchev–Trinajstić information content (AvgIpc) is 2.27. The molecule has 0 saturated heterocycles. The first kappa shape index (κ1) is 11.1. The first-order valence-corrected chi connectivity index (χ1v) is 4.67. The maximum Gasteiger partial charge on any atom is 0.338 e. The van der Waals surface area contributed by atoms with Gasteiger partial charge in [0.2, 0.25) is 0 Å². The van der Waals surface area contributed by atoms with Crippen molar-refractivity contribution in [2.45, 2.75) is 6.92 Å². The van der Waals surface area contributed by atoms with E-state index in [0.717, 1.165) is 5.56 Å². The fourth-order valence-electron chi connectivity index (χ4n) is 1.04. The van der Waals surface area contributed by atoms with E-state index in [4.69, 9.17) is 4.74 Å². The first-order chi connectivity index (χ1) is 7.27. The van der Waals surface area contributed by atoms with Crippen LogP contribution in [0.5, 0.6) is 0 Å². The lowest BCUT2D eigenvalue weighted by molar-refractivity contribution is 0.0526. The van der Waals surface area contributed by atoms with E-state index in [0.29, 0.717) is 12.2 Å². The third kappa shape index (κ3) is 3.32. The summed E-state index contributed by atoms with van der Waals surface area (Å²) in [4.78, 5) is 11.3. The van der Waals surface area contributed by atoms with E-state index in [1.54, 1.807) is 31.2 Å². The quantitative estimate of drug-likeness (QED) is 0.541. The van der Waals surface area contributed by atoms with Crippen LogP contribution in [0.15, 0.2) is 36.9 Å². The van der Waals surface area contributed by atoms with Gasteiger partial charge in [0, 0.05) is 5.56 Å². The van der Waals surface area contributed by atoms with Crippen LogP contribution in [-0.2, 0) is 4.74 Å². The van der Waals surface area contributed by atoms with Crippen LogP contribution in [0.1, 0.15) is 22.8 Å². The van der Waals surface area contributed by atoms with Crippen molar-refractivity contribution in [1.82, 2.24) is 0 Å². The highest BCUT2D eigenvalue weighted by Crippen LogP contribution is 2.04. The summed E-state index contributed by atoms with van der Waals surface area (Å²) >= 11 is 0. The van der Waals surface area contributed by atoms with Crippen molar-refractivity contribution in [1.29, 1.82) is 0 Å². The van der Waals surface area contributed by atoms with Crippen molar-refractivity contribution in [2.24, 2.45) is 0 Å². The summed E-state index contributed by atoms with van der Waals surface area (Å²) in [5.41, 5.74) is 1.39. The Morgan fingerprint density at radius 2 is 2.13 bits per heavy atom. The normalized spacial score (nSPS) is 8.60. The Labute approximate surface area is 89.6 Å². The highest BCUT2D eigenvalue weighted by atomic mass is 16.5. The Morgan fingerprint density at radius 3 is 2.67 bits per heavy atom. The summed E-state index contributed by atoms with van der Waals surface area (Å²) in [6.07, 6.45) is 1.53. The summed E-state index contributed by atoms with van der Waals surface area (Å²) < 4.78 is 4.86. The third-order valence-corrected chi connectivity index (χ3v) is 1.71. The molecule has 0 aliphatic carbocycles.